The highest BCUT2D eigenvalue weighted by Gasteiger charge is 2.34. The lowest BCUT2D eigenvalue weighted by Crippen LogP contribution is -2.53. The lowest BCUT2D eigenvalue weighted by molar-refractivity contribution is -0.139. The Bertz CT molecular complexity index is 1490. The van der Waals surface area contributed by atoms with Crippen molar-refractivity contribution < 1.29 is 27.5 Å². The van der Waals surface area contributed by atoms with Crippen LogP contribution in [-0.2, 0) is 26.2 Å². The van der Waals surface area contributed by atoms with Gasteiger partial charge in [0.05, 0.1) is 24.8 Å². The van der Waals surface area contributed by atoms with E-state index in [4.69, 9.17) is 9.47 Å². The zero-order valence-corrected chi connectivity index (χ0v) is 26.1. The number of carbonyl (C=O) groups is 2. The van der Waals surface area contributed by atoms with Crippen molar-refractivity contribution in [2.75, 3.05) is 25.1 Å². The quantitative estimate of drug-likeness (QED) is 0.308. The van der Waals surface area contributed by atoms with Gasteiger partial charge in [0.1, 0.15) is 24.1 Å². The van der Waals surface area contributed by atoms with E-state index < -0.39 is 28.5 Å². The van der Waals surface area contributed by atoms with Crippen LogP contribution < -0.4 is 19.1 Å². The maximum Gasteiger partial charge on any atom is 0.264 e. The zero-order valence-electron chi connectivity index (χ0n) is 25.3. The molecule has 1 fully saturated rings. The number of hydrogen-bond donors (Lipinski definition) is 1. The normalized spacial score (nSPS) is 14.4. The second-order valence-corrected chi connectivity index (χ2v) is 12.7. The van der Waals surface area contributed by atoms with E-state index in [1.807, 2.05) is 19.1 Å². The van der Waals surface area contributed by atoms with Gasteiger partial charge in [-0.2, -0.15) is 0 Å². The molecule has 0 spiro atoms. The Morgan fingerprint density at radius 1 is 0.907 bits per heavy atom. The predicted octanol–water partition coefficient (Wildman–Crippen LogP) is 5.07. The first-order chi connectivity index (χ1) is 20.6. The summed E-state index contributed by atoms with van der Waals surface area (Å²) >= 11 is 0. The van der Waals surface area contributed by atoms with Crippen LogP contribution in [0.3, 0.4) is 0 Å². The van der Waals surface area contributed by atoms with Crippen LogP contribution in [0.1, 0.15) is 50.2 Å². The molecule has 2 amide bonds. The number of anilines is 1. The lowest BCUT2D eigenvalue weighted by atomic mass is 9.95. The van der Waals surface area contributed by atoms with Gasteiger partial charge in [0, 0.05) is 12.6 Å². The number of amides is 2. The molecule has 0 aromatic heterocycles. The van der Waals surface area contributed by atoms with Crippen molar-refractivity contribution in [1.29, 1.82) is 0 Å². The van der Waals surface area contributed by atoms with Crippen LogP contribution in [0.2, 0.25) is 0 Å². The van der Waals surface area contributed by atoms with Gasteiger partial charge in [-0.1, -0.05) is 61.2 Å². The molecule has 0 bridgehead atoms. The van der Waals surface area contributed by atoms with Gasteiger partial charge >= 0.3 is 0 Å². The monoisotopic (exact) mass is 607 g/mol. The summed E-state index contributed by atoms with van der Waals surface area (Å²) in [5.41, 5.74) is 1.90. The Balaban J connectivity index is 1.70. The van der Waals surface area contributed by atoms with E-state index in [0.717, 1.165) is 47.5 Å². The van der Waals surface area contributed by atoms with Gasteiger partial charge < -0.3 is 19.7 Å². The minimum absolute atomic E-state index is 0.0431. The standard InChI is InChI=1S/C33H41N3O6S/c1-24-14-20-29(21-15-24)43(39,40)36(30-12-8-9-13-31(30)42-4)23-32(37)35(22-26-16-18-28(41-3)19-17-26)25(2)33(38)34-27-10-6-5-7-11-27/h8-9,12-21,25,27H,5-7,10-11,22-23H2,1-4H3,(H,34,38)/t25-/m1/s1. The fourth-order valence-corrected chi connectivity index (χ4v) is 6.69. The molecule has 0 heterocycles. The van der Waals surface area contributed by atoms with E-state index in [1.54, 1.807) is 62.6 Å². The summed E-state index contributed by atoms with van der Waals surface area (Å²) in [6, 6.07) is 19.6. The van der Waals surface area contributed by atoms with E-state index in [-0.39, 0.29) is 29.1 Å². The van der Waals surface area contributed by atoms with Crippen LogP contribution in [0.25, 0.3) is 0 Å². The highest BCUT2D eigenvalue weighted by molar-refractivity contribution is 7.92. The summed E-state index contributed by atoms with van der Waals surface area (Å²) in [4.78, 5) is 29.2. The van der Waals surface area contributed by atoms with Crippen molar-refractivity contribution in [2.45, 2.75) is 69.5 Å². The first kappa shape index (κ1) is 31.9. The summed E-state index contributed by atoms with van der Waals surface area (Å²) in [5.74, 6) is 0.176. The van der Waals surface area contributed by atoms with Gasteiger partial charge in [0.25, 0.3) is 10.0 Å². The number of hydrogen-bond acceptors (Lipinski definition) is 6. The fraction of sp³-hybridized carbons (Fsp3) is 0.394. The van der Waals surface area contributed by atoms with Gasteiger partial charge in [-0.3, -0.25) is 13.9 Å². The first-order valence-electron chi connectivity index (χ1n) is 14.6. The van der Waals surface area contributed by atoms with Crippen LogP contribution in [0.5, 0.6) is 11.5 Å². The lowest BCUT2D eigenvalue weighted by Gasteiger charge is -2.33. The number of para-hydroxylation sites is 2. The summed E-state index contributed by atoms with van der Waals surface area (Å²) in [7, 11) is -1.17. The molecule has 230 valence electrons. The average Bonchev–Trinajstić information content (AvgIpc) is 3.03. The third-order valence-electron chi connectivity index (χ3n) is 7.87. The van der Waals surface area contributed by atoms with Crippen molar-refractivity contribution in [3.05, 3.63) is 83.9 Å². The minimum atomic E-state index is -4.19. The maximum atomic E-state index is 14.2. The van der Waals surface area contributed by atoms with Gasteiger partial charge in [0.2, 0.25) is 11.8 Å². The van der Waals surface area contributed by atoms with Crippen molar-refractivity contribution in [3.8, 4) is 11.5 Å². The number of carbonyl (C=O) groups excluding carboxylic acids is 2. The number of aryl methyl sites for hydroxylation is 1. The number of nitrogens with zero attached hydrogens (tertiary/aromatic N) is 2. The molecular formula is C33H41N3O6S. The molecule has 3 aromatic carbocycles. The van der Waals surface area contributed by atoms with Gasteiger partial charge in [0.15, 0.2) is 0 Å². The number of benzene rings is 3. The molecule has 0 saturated heterocycles. The molecule has 1 atom stereocenters. The van der Waals surface area contributed by atoms with E-state index in [2.05, 4.69) is 5.32 Å². The Labute approximate surface area is 254 Å². The molecule has 0 unspecified atom stereocenters. The number of rotatable bonds is 12. The molecule has 43 heavy (non-hydrogen) atoms. The fourth-order valence-electron chi connectivity index (χ4n) is 5.27. The Kier molecular flexibility index (Phi) is 10.7. The Morgan fingerprint density at radius 2 is 1.56 bits per heavy atom. The van der Waals surface area contributed by atoms with Crippen LogP contribution in [0.4, 0.5) is 5.69 Å². The Hall–Kier alpha value is -4.05. The highest BCUT2D eigenvalue weighted by Crippen LogP contribution is 2.32. The summed E-state index contributed by atoms with van der Waals surface area (Å²) in [6.45, 7) is 3.12. The number of nitrogens with one attached hydrogen (secondary N) is 1. The first-order valence-corrected chi connectivity index (χ1v) is 16.0. The van der Waals surface area contributed by atoms with E-state index in [1.165, 1.54) is 24.1 Å². The second kappa shape index (κ2) is 14.4. The SMILES string of the molecule is COc1ccc(CN(C(=O)CN(c2ccccc2OC)S(=O)(=O)c2ccc(C)cc2)[C@H](C)C(=O)NC2CCCCC2)cc1. The third-order valence-corrected chi connectivity index (χ3v) is 9.65. The third kappa shape index (κ3) is 7.87. The number of methoxy groups -OCH3 is 2. The highest BCUT2D eigenvalue weighted by atomic mass is 32.2. The average molecular weight is 608 g/mol. The molecule has 9 nitrogen and oxygen atoms in total. The molecule has 10 heteroatoms. The van der Waals surface area contributed by atoms with Gasteiger partial charge in [-0.05, 0) is 68.7 Å². The zero-order chi connectivity index (χ0) is 31.0. The Morgan fingerprint density at radius 3 is 2.19 bits per heavy atom. The molecule has 0 radical (unpaired) electrons. The smallest absolute Gasteiger partial charge is 0.264 e. The number of sulfonamides is 1. The van der Waals surface area contributed by atoms with E-state index in [9.17, 15) is 18.0 Å². The summed E-state index contributed by atoms with van der Waals surface area (Å²) in [5, 5.41) is 3.12. The van der Waals surface area contributed by atoms with Gasteiger partial charge in [-0.15, -0.1) is 0 Å². The van der Waals surface area contributed by atoms with E-state index >= 15 is 0 Å². The molecule has 1 aliphatic rings. The van der Waals surface area contributed by atoms with Crippen molar-refractivity contribution in [1.82, 2.24) is 10.2 Å². The molecule has 1 saturated carbocycles. The van der Waals surface area contributed by atoms with Crippen LogP contribution in [0, 0.1) is 6.92 Å². The van der Waals surface area contributed by atoms with Gasteiger partial charge in [-0.25, -0.2) is 8.42 Å². The summed E-state index contributed by atoms with van der Waals surface area (Å²) in [6.07, 6.45) is 5.07. The molecule has 3 aromatic rings. The largest absolute Gasteiger partial charge is 0.497 e. The number of ether oxygens (including phenoxy) is 2. The molecule has 4 rings (SSSR count). The second-order valence-electron chi connectivity index (χ2n) is 10.9. The molecule has 1 aliphatic carbocycles. The van der Waals surface area contributed by atoms with Crippen LogP contribution in [-0.4, -0.2) is 58.0 Å². The van der Waals surface area contributed by atoms with Crippen LogP contribution in [0.15, 0.2) is 77.7 Å². The maximum absolute atomic E-state index is 14.2. The van der Waals surface area contributed by atoms with Crippen molar-refractivity contribution in [2.24, 2.45) is 0 Å². The molecule has 0 aliphatic heterocycles. The molecular weight excluding hydrogens is 566 g/mol. The topological polar surface area (TPSA) is 105 Å². The van der Waals surface area contributed by atoms with Crippen LogP contribution >= 0.6 is 0 Å². The van der Waals surface area contributed by atoms with Crippen molar-refractivity contribution in [3.63, 3.8) is 0 Å². The minimum Gasteiger partial charge on any atom is -0.497 e. The van der Waals surface area contributed by atoms with E-state index in [0.29, 0.717) is 11.5 Å². The molecule has 1 N–H and O–H groups in total. The predicted molar refractivity (Wildman–Crippen MR) is 167 cm³/mol. The van der Waals surface area contributed by atoms with Crippen molar-refractivity contribution >= 4 is 27.5 Å². The summed E-state index contributed by atoms with van der Waals surface area (Å²) < 4.78 is 40.0.